The Hall–Kier alpha value is -2.70. The molecule has 3 aromatic carbocycles. The van der Waals surface area contributed by atoms with Crippen LogP contribution in [0.2, 0.25) is 17.3 Å². The van der Waals surface area contributed by atoms with E-state index < -0.39 is 31.8 Å². The van der Waals surface area contributed by atoms with Crippen LogP contribution in [-0.4, -0.2) is 23.2 Å². The normalized spacial score (nSPS) is 13.3. The Kier molecular flexibility index (Phi) is 8.52. The van der Waals surface area contributed by atoms with Gasteiger partial charge in [0.05, 0.1) is 0 Å². The van der Waals surface area contributed by atoms with Crippen LogP contribution in [0.4, 0.5) is 4.39 Å². The maximum absolute atomic E-state index is 14.5. The van der Waals surface area contributed by atoms with Gasteiger partial charge < -0.3 is 4.98 Å². The number of benzene rings is 3. The number of fused-ring (bicyclic) bond motifs is 3. The topological polar surface area (TPSA) is 25.8 Å². The molecule has 0 fully saturated rings. The van der Waals surface area contributed by atoms with Crippen LogP contribution in [0.25, 0.3) is 42.7 Å². The molecule has 0 bridgehead atoms. The van der Waals surface area contributed by atoms with Gasteiger partial charge in [0, 0.05) is 31.0 Å². The third-order valence-electron chi connectivity index (χ3n) is 6.91. The van der Waals surface area contributed by atoms with E-state index in [2.05, 4.69) is 82.7 Å². The first kappa shape index (κ1) is 26.9. The fourth-order valence-corrected chi connectivity index (χ4v) is 9.35. The molecule has 0 saturated heterocycles. The standard InChI is InChI=1S/C18H23FGeN.C18H12NS.Ir/c1-12(2)15-10-18(21-11-17(15)20(4,5)6)14-8-7-13(3)9-16(14)19;1-12-9-10-19-16(11-12)15-7-4-6-14-13-5-2-3-8-17(13)20-18(14)15;/h7,9-12H,1-6H3;2-6,8-11H,1H3;/q2*-1;/i3D3,12D;;. The summed E-state index contributed by atoms with van der Waals surface area (Å²) in [6, 6.07) is 27.0. The summed E-state index contributed by atoms with van der Waals surface area (Å²) in [5, 5.41) is 2.61. The zero-order chi connectivity index (χ0) is 32.7. The zero-order valence-corrected chi connectivity index (χ0v) is 29.8. The van der Waals surface area contributed by atoms with Crippen LogP contribution in [0.1, 0.15) is 41.9 Å². The Labute approximate surface area is 274 Å². The number of hydrogen-bond donors (Lipinski definition) is 0. The third-order valence-corrected chi connectivity index (χ3v) is 12.3. The summed E-state index contributed by atoms with van der Waals surface area (Å²) in [6.45, 7) is 3.33. The predicted octanol–water partition coefficient (Wildman–Crippen LogP) is 9.89. The van der Waals surface area contributed by atoms with Gasteiger partial charge in [0.25, 0.3) is 0 Å². The monoisotopic (exact) mass is 817 g/mol. The van der Waals surface area contributed by atoms with Crippen LogP contribution in [-0.2, 0) is 20.1 Å². The predicted molar refractivity (Wildman–Crippen MR) is 176 cm³/mol. The number of aryl methyl sites for hydroxylation is 2. The van der Waals surface area contributed by atoms with Gasteiger partial charge in [-0.2, -0.15) is 11.3 Å². The summed E-state index contributed by atoms with van der Waals surface area (Å²) in [7, 11) is 0. The van der Waals surface area contributed by atoms with Crippen molar-refractivity contribution >= 4 is 49.2 Å². The van der Waals surface area contributed by atoms with Crippen molar-refractivity contribution in [3.05, 3.63) is 114 Å². The summed E-state index contributed by atoms with van der Waals surface area (Å²) >= 11 is -0.433. The van der Waals surface area contributed by atoms with E-state index in [4.69, 9.17) is 5.48 Å². The molecule has 0 atom stereocenters. The Bertz CT molecular complexity index is 2010. The number of halogens is 1. The number of nitrogens with zero attached hydrogens (tertiary/aromatic N) is 2. The van der Waals surface area contributed by atoms with Crippen LogP contribution in [0, 0.1) is 31.7 Å². The molecule has 0 N–H and O–H groups in total. The molecule has 0 unspecified atom stereocenters. The Morgan fingerprint density at radius 3 is 2.38 bits per heavy atom. The van der Waals surface area contributed by atoms with Gasteiger partial charge in [0.15, 0.2) is 0 Å². The van der Waals surface area contributed by atoms with Gasteiger partial charge in [0.2, 0.25) is 0 Å². The van der Waals surface area contributed by atoms with Gasteiger partial charge in [-0.05, 0) is 34.8 Å². The summed E-state index contributed by atoms with van der Waals surface area (Å²) in [4.78, 5) is 8.90. The average molecular weight is 816 g/mol. The van der Waals surface area contributed by atoms with Crippen molar-refractivity contribution < 1.29 is 30.0 Å². The van der Waals surface area contributed by atoms with E-state index in [0.717, 1.165) is 27.3 Å². The SMILES string of the molecule is Cc1ccnc(-c2[c-]ccc3c2sc2ccccc23)c1.[2H]C([2H])([2H])c1c[c-]c(-c2cc(C([2H])(C)C)[c]([Ge]([CH3])([CH3])[CH3])cn2)c(F)c1.[Ir]. The van der Waals surface area contributed by atoms with Crippen molar-refractivity contribution in [3.8, 4) is 22.5 Å². The molecule has 0 aliphatic heterocycles. The van der Waals surface area contributed by atoms with E-state index in [1.807, 2.05) is 29.7 Å². The van der Waals surface area contributed by atoms with Gasteiger partial charge in [-0.25, -0.2) is 0 Å². The minimum absolute atomic E-state index is 0. The number of hydrogen-bond acceptors (Lipinski definition) is 3. The summed E-state index contributed by atoms with van der Waals surface area (Å²) in [5.74, 6) is 5.18. The van der Waals surface area contributed by atoms with Crippen LogP contribution >= 0.6 is 11.3 Å². The molecule has 0 saturated carbocycles. The van der Waals surface area contributed by atoms with Gasteiger partial charge in [-0.1, -0.05) is 35.2 Å². The molecular weight excluding hydrogens is 776 g/mol. The van der Waals surface area contributed by atoms with E-state index >= 15 is 0 Å². The van der Waals surface area contributed by atoms with Gasteiger partial charge in [-0.3, -0.25) is 0 Å². The van der Waals surface area contributed by atoms with E-state index in [9.17, 15) is 4.39 Å². The second kappa shape index (κ2) is 13.3. The number of thiophene rings is 1. The van der Waals surface area contributed by atoms with Crippen molar-refractivity contribution in [2.24, 2.45) is 0 Å². The minimum atomic E-state index is -2.37. The molecule has 0 aliphatic rings. The molecule has 2 nitrogen and oxygen atoms in total. The fourth-order valence-electron chi connectivity index (χ4n) is 4.82. The molecule has 6 rings (SSSR count). The summed E-state index contributed by atoms with van der Waals surface area (Å²) in [5.41, 5.74) is 4.59. The molecule has 0 spiro atoms. The Morgan fingerprint density at radius 1 is 0.929 bits per heavy atom. The molecular formula is C36H35FGeIrN2S-2. The molecule has 0 amide bonds. The van der Waals surface area contributed by atoms with E-state index in [-0.39, 0.29) is 31.2 Å². The molecule has 217 valence electrons. The molecule has 6 heteroatoms. The Balaban J connectivity index is 0.000000208. The Morgan fingerprint density at radius 2 is 1.69 bits per heavy atom. The molecule has 1 radical (unpaired) electrons. The largest absolute Gasteiger partial charge is 0 e. The molecule has 6 aromatic rings. The number of rotatable bonds is 4. The molecule has 3 aromatic heterocycles. The fraction of sp³-hybridized carbons (Fsp3) is 0.222. The minimum Gasteiger partial charge on any atom is 0 e. The summed E-state index contributed by atoms with van der Waals surface area (Å²) in [6.07, 6.45) is 3.62. The van der Waals surface area contributed by atoms with E-state index in [1.54, 1.807) is 26.1 Å². The number of pyridine rings is 2. The van der Waals surface area contributed by atoms with Gasteiger partial charge in [-0.15, -0.1) is 23.8 Å². The first-order valence-electron chi connectivity index (χ1n) is 15.5. The van der Waals surface area contributed by atoms with Crippen molar-refractivity contribution in [1.82, 2.24) is 9.97 Å². The number of aromatic nitrogens is 2. The van der Waals surface area contributed by atoms with Crippen molar-refractivity contribution in [2.45, 2.75) is 50.8 Å². The average Bonchev–Trinajstić information content (AvgIpc) is 3.35. The van der Waals surface area contributed by atoms with Crippen molar-refractivity contribution in [3.63, 3.8) is 0 Å². The quantitative estimate of drug-likeness (QED) is 0.131. The second-order valence-electron chi connectivity index (χ2n) is 11.4. The second-order valence-corrected chi connectivity index (χ2v) is 23.0. The van der Waals surface area contributed by atoms with Crippen molar-refractivity contribution in [2.75, 3.05) is 0 Å². The summed E-state index contributed by atoms with van der Waals surface area (Å²) < 4.78 is 48.7. The smallest absolute Gasteiger partial charge is 0 e. The molecule has 3 heterocycles. The van der Waals surface area contributed by atoms with E-state index in [0.29, 0.717) is 5.69 Å². The van der Waals surface area contributed by atoms with Crippen LogP contribution in [0.3, 0.4) is 0 Å². The van der Waals surface area contributed by atoms with Gasteiger partial charge in [0.1, 0.15) is 0 Å². The first-order valence-corrected chi connectivity index (χ1v) is 21.7. The van der Waals surface area contributed by atoms with E-state index in [1.165, 1.54) is 31.8 Å². The van der Waals surface area contributed by atoms with Crippen LogP contribution in [0.15, 0.2) is 79.1 Å². The maximum atomic E-state index is 14.5. The molecule has 0 aliphatic carbocycles. The maximum Gasteiger partial charge on any atom is 0 e. The van der Waals surface area contributed by atoms with Crippen LogP contribution in [0.5, 0.6) is 0 Å². The first-order chi connectivity index (χ1) is 21.0. The van der Waals surface area contributed by atoms with Gasteiger partial charge >= 0.3 is 135 Å². The third kappa shape index (κ3) is 6.92. The van der Waals surface area contributed by atoms with Crippen LogP contribution < -0.4 is 4.40 Å². The van der Waals surface area contributed by atoms with Crippen molar-refractivity contribution in [1.29, 1.82) is 0 Å². The zero-order valence-electron chi connectivity index (χ0n) is 28.5. The molecule has 42 heavy (non-hydrogen) atoms.